The maximum atomic E-state index is 12.3. The first-order chi connectivity index (χ1) is 10.6. The molecule has 7 heteroatoms. The Morgan fingerprint density at radius 3 is 2.96 bits per heavy atom. The molecule has 0 radical (unpaired) electrons. The van der Waals surface area contributed by atoms with Crippen LogP contribution in [-0.2, 0) is 0 Å². The lowest BCUT2D eigenvalue weighted by atomic mass is 10.0. The van der Waals surface area contributed by atoms with Crippen LogP contribution in [0.5, 0.6) is 0 Å². The lowest BCUT2D eigenvalue weighted by Gasteiger charge is -2.28. The van der Waals surface area contributed by atoms with Gasteiger partial charge in [0.2, 0.25) is 0 Å². The maximum Gasteiger partial charge on any atom is 0.270 e. The molecule has 124 valence electrons. The van der Waals surface area contributed by atoms with E-state index in [9.17, 15) is 4.79 Å². The van der Waals surface area contributed by atoms with Crippen molar-refractivity contribution in [3.05, 3.63) is 40.4 Å². The van der Waals surface area contributed by atoms with E-state index in [1.165, 1.54) is 11.3 Å². The summed E-state index contributed by atoms with van der Waals surface area (Å²) >= 11 is 7.62. The molecule has 3 rings (SSSR count). The molecule has 2 heterocycles. The first kappa shape index (κ1) is 18.2. The summed E-state index contributed by atoms with van der Waals surface area (Å²) in [5.74, 6) is -0.103. The second kappa shape index (κ2) is 8.11. The minimum atomic E-state index is -0.103. The Morgan fingerprint density at radius 2 is 2.22 bits per heavy atom. The summed E-state index contributed by atoms with van der Waals surface area (Å²) in [6.45, 7) is 3.07. The highest BCUT2D eigenvalue weighted by molar-refractivity contribution is 7.13. The average molecular weight is 372 g/mol. The Bertz CT molecular complexity index is 677. The molecule has 2 aromatic rings. The van der Waals surface area contributed by atoms with E-state index in [0.29, 0.717) is 16.8 Å². The molecular weight excluding hydrogens is 353 g/mol. The zero-order valence-corrected chi connectivity index (χ0v) is 15.1. The van der Waals surface area contributed by atoms with Crippen LogP contribution >= 0.6 is 35.3 Å². The Balaban J connectivity index is 0.00000192. The van der Waals surface area contributed by atoms with Crippen molar-refractivity contribution in [2.75, 3.05) is 6.54 Å². The number of thiazole rings is 1. The predicted molar refractivity (Wildman–Crippen MR) is 97.8 cm³/mol. The molecule has 1 amide bonds. The fraction of sp³-hybridized carbons (Fsp3) is 0.375. The van der Waals surface area contributed by atoms with E-state index in [4.69, 9.17) is 11.6 Å². The van der Waals surface area contributed by atoms with Gasteiger partial charge >= 0.3 is 0 Å². The topological polar surface area (TPSA) is 54.0 Å². The maximum absolute atomic E-state index is 12.3. The van der Waals surface area contributed by atoms with E-state index in [-0.39, 0.29) is 24.4 Å². The molecule has 2 atom stereocenters. The molecule has 23 heavy (non-hydrogen) atoms. The number of carbonyl (C=O) groups excluding carboxylic acids is 1. The Labute approximate surface area is 151 Å². The molecule has 1 aromatic carbocycles. The molecule has 1 saturated heterocycles. The Morgan fingerprint density at radius 1 is 1.43 bits per heavy atom. The number of amides is 1. The summed E-state index contributed by atoms with van der Waals surface area (Å²) in [6, 6.07) is 8.19. The Hall–Kier alpha value is -1.14. The van der Waals surface area contributed by atoms with Crippen molar-refractivity contribution in [1.29, 1.82) is 0 Å². The minimum absolute atomic E-state index is 0. The van der Waals surface area contributed by atoms with Crippen LogP contribution in [-0.4, -0.2) is 29.5 Å². The number of halogens is 2. The molecule has 1 aliphatic heterocycles. The van der Waals surface area contributed by atoms with Gasteiger partial charge in [0.25, 0.3) is 5.91 Å². The summed E-state index contributed by atoms with van der Waals surface area (Å²) in [6.07, 6.45) is 1.91. The van der Waals surface area contributed by atoms with Gasteiger partial charge in [-0.2, -0.15) is 0 Å². The van der Waals surface area contributed by atoms with Crippen LogP contribution < -0.4 is 10.6 Å². The number of aromatic nitrogens is 1. The number of piperidine rings is 1. The van der Waals surface area contributed by atoms with Crippen LogP contribution in [0.15, 0.2) is 29.6 Å². The smallest absolute Gasteiger partial charge is 0.270 e. The number of benzene rings is 1. The van der Waals surface area contributed by atoms with Gasteiger partial charge in [-0.3, -0.25) is 4.79 Å². The van der Waals surface area contributed by atoms with Crippen LogP contribution in [0.1, 0.15) is 30.3 Å². The predicted octanol–water partition coefficient (Wildman–Crippen LogP) is 3.76. The summed E-state index contributed by atoms with van der Waals surface area (Å²) in [4.78, 5) is 16.8. The lowest BCUT2D eigenvalue weighted by molar-refractivity contribution is 0.0921. The van der Waals surface area contributed by atoms with Crippen molar-refractivity contribution in [3.8, 4) is 10.6 Å². The highest BCUT2D eigenvalue weighted by atomic mass is 35.5. The number of nitrogens with one attached hydrogen (secondary N) is 2. The summed E-state index contributed by atoms with van der Waals surface area (Å²) < 4.78 is 0. The fourth-order valence-electron chi connectivity index (χ4n) is 2.66. The highest BCUT2D eigenvalue weighted by Gasteiger charge is 2.21. The van der Waals surface area contributed by atoms with Crippen molar-refractivity contribution in [1.82, 2.24) is 15.6 Å². The second-order valence-corrected chi connectivity index (χ2v) is 6.83. The molecule has 1 aromatic heterocycles. The van der Waals surface area contributed by atoms with Gasteiger partial charge in [-0.1, -0.05) is 29.8 Å². The summed E-state index contributed by atoms with van der Waals surface area (Å²) in [5, 5.41) is 9.67. The van der Waals surface area contributed by atoms with E-state index in [1.54, 1.807) is 5.38 Å². The largest absolute Gasteiger partial charge is 0.348 e. The summed E-state index contributed by atoms with van der Waals surface area (Å²) in [5.41, 5.74) is 1.33. The quantitative estimate of drug-likeness (QED) is 0.863. The standard InChI is InChI=1S/C16H18ClN3OS.ClH/c1-10-8-11(6-7-18-10)19-15(21)14-9-22-16(20-14)12-4-2-3-5-13(12)17;/h2-5,9-11,18H,6-8H2,1H3,(H,19,21);1H. The molecule has 2 unspecified atom stereocenters. The third kappa shape index (κ3) is 4.44. The normalized spacial score (nSPS) is 20.6. The van der Waals surface area contributed by atoms with Gasteiger partial charge < -0.3 is 10.6 Å². The van der Waals surface area contributed by atoms with E-state index >= 15 is 0 Å². The molecule has 0 aliphatic carbocycles. The van der Waals surface area contributed by atoms with Crippen LogP contribution in [0.4, 0.5) is 0 Å². The average Bonchev–Trinajstić information content (AvgIpc) is 2.97. The number of rotatable bonds is 3. The van der Waals surface area contributed by atoms with Gasteiger partial charge in [0, 0.05) is 23.0 Å². The van der Waals surface area contributed by atoms with Gasteiger partial charge in [-0.15, -0.1) is 23.7 Å². The third-order valence-corrected chi connectivity index (χ3v) is 5.01. The van der Waals surface area contributed by atoms with Crippen molar-refractivity contribution in [2.45, 2.75) is 31.8 Å². The minimum Gasteiger partial charge on any atom is -0.348 e. The van der Waals surface area contributed by atoms with E-state index < -0.39 is 0 Å². The first-order valence-corrected chi connectivity index (χ1v) is 8.64. The molecule has 0 bridgehead atoms. The number of hydrogen-bond donors (Lipinski definition) is 2. The second-order valence-electron chi connectivity index (χ2n) is 5.57. The van der Waals surface area contributed by atoms with Crippen molar-refractivity contribution >= 4 is 41.3 Å². The van der Waals surface area contributed by atoms with Crippen LogP contribution in [0.3, 0.4) is 0 Å². The van der Waals surface area contributed by atoms with E-state index in [2.05, 4.69) is 22.5 Å². The zero-order valence-electron chi connectivity index (χ0n) is 12.7. The molecule has 4 nitrogen and oxygen atoms in total. The molecule has 2 N–H and O–H groups in total. The zero-order chi connectivity index (χ0) is 15.5. The molecule has 0 saturated carbocycles. The van der Waals surface area contributed by atoms with Crippen molar-refractivity contribution in [2.24, 2.45) is 0 Å². The van der Waals surface area contributed by atoms with Crippen molar-refractivity contribution in [3.63, 3.8) is 0 Å². The Kier molecular flexibility index (Phi) is 6.41. The molecule has 0 spiro atoms. The van der Waals surface area contributed by atoms with E-state index in [0.717, 1.165) is 30.0 Å². The van der Waals surface area contributed by atoms with Crippen LogP contribution in [0.25, 0.3) is 10.6 Å². The van der Waals surface area contributed by atoms with Gasteiger partial charge in [0.1, 0.15) is 10.7 Å². The number of nitrogens with zero attached hydrogens (tertiary/aromatic N) is 1. The van der Waals surface area contributed by atoms with Crippen LogP contribution in [0.2, 0.25) is 5.02 Å². The highest BCUT2D eigenvalue weighted by Crippen LogP contribution is 2.30. The number of hydrogen-bond acceptors (Lipinski definition) is 4. The summed E-state index contributed by atoms with van der Waals surface area (Å²) in [7, 11) is 0. The monoisotopic (exact) mass is 371 g/mol. The lowest BCUT2D eigenvalue weighted by Crippen LogP contribution is -2.46. The first-order valence-electron chi connectivity index (χ1n) is 7.38. The molecule has 1 fully saturated rings. The molecule has 1 aliphatic rings. The van der Waals surface area contributed by atoms with E-state index in [1.807, 2.05) is 24.3 Å². The number of carbonyl (C=O) groups is 1. The van der Waals surface area contributed by atoms with Gasteiger partial charge in [0.05, 0.1) is 5.02 Å². The molecular formula is C16H19Cl2N3OS. The third-order valence-electron chi connectivity index (χ3n) is 3.80. The fourth-order valence-corrected chi connectivity index (χ4v) is 3.78. The van der Waals surface area contributed by atoms with Gasteiger partial charge in [-0.25, -0.2) is 4.98 Å². The van der Waals surface area contributed by atoms with Gasteiger partial charge in [-0.05, 0) is 32.4 Å². The van der Waals surface area contributed by atoms with Crippen LogP contribution in [0, 0.1) is 0 Å². The van der Waals surface area contributed by atoms with Crippen molar-refractivity contribution < 1.29 is 4.79 Å². The SMILES string of the molecule is CC1CC(NC(=O)c2csc(-c3ccccc3Cl)n2)CCN1.Cl. The van der Waals surface area contributed by atoms with Gasteiger partial charge in [0.15, 0.2) is 0 Å².